The van der Waals surface area contributed by atoms with E-state index in [-0.39, 0.29) is 22.1 Å². The SMILES string of the molecule is Cc1cc([C@@H](C)Nc2ccc(Cl)nc2C(=O)NS(C)(=O)=O)c2nc(-c3ccc4nc(C)oc4c3)n(C)c(=O)c2c1. The maximum absolute atomic E-state index is 13.5. The summed E-state index contributed by atoms with van der Waals surface area (Å²) in [6.45, 7) is 5.47. The lowest BCUT2D eigenvalue weighted by molar-refractivity contribution is 0.0977. The first kappa shape index (κ1) is 27.3. The quantitative estimate of drug-likeness (QED) is 0.281. The molecular formula is C27H25ClN6O5S. The van der Waals surface area contributed by atoms with Crippen molar-refractivity contribution >= 4 is 55.2 Å². The molecule has 0 spiro atoms. The Kier molecular flexibility index (Phi) is 6.84. The number of rotatable bonds is 6. The van der Waals surface area contributed by atoms with Gasteiger partial charge >= 0.3 is 0 Å². The van der Waals surface area contributed by atoms with Gasteiger partial charge in [-0.1, -0.05) is 17.7 Å². The zero-order chi connectivity index (χ0) is 28.9. The van der Waals surface area contributed by atoms with Crippen LogP contribution in [0.25, 0.3) is 33.4 Å². The Hall–Kier alpha value is -4.29. The normalized spacial score (nSPS) is 12.6. The molecule has 2 aromatic carbocycles. The van der Waals surface area contributed by atoms with Gasteiger partial charge in [-0.05, 0) is 55.8 Å². The van der Waals surface area contributed by atoms with Crippen molar-refractivity contribution in [2.24, 2.45) is 7.05 Å². The molecule has 0 aliphatic heterocycles. The number of hydrogen-bond acceptors (Lipinski definition) is 9. The minimum Gasteiger partial charge on any atom is -0.441 e. The maximum Gasteiger partial charge on any atom is 0.285 e. The van der Waals surface area contributed by atoms with Crippen LogP contribution in [0.1, 0.15) is 40.5 Å². The van der Waals surface area contributed by atoms with Gasteiger partial charge in [0.1, 0.15) is 16.5 Å². The van der Waals surface area contributed by atoms with Crippen molar-refractivity contribution in [1.29, 1.82) is 0 Å². The second-order valence-electron chi connectivity index (χ2n) is 9.56. The van der Waals surface area contributed by atoms with Crippen LogP contribution in [0.2, 0.25) is 5.15 Å². The van der Waals surface area contributed by atoms with Gasteiger partial charge < -0.3 is 9.73 Å². The first-order valence-electron chi connectivity index (χ1n) is 12.1. The first-order chi connectivity index (χ1) is 18.8. The summed E-state index contributed by atoms with van der Waals surface area (Å²) in [4.78, 5) is 39.5. The summed E-state index contributed by atoms with van der Waals surface area (Å²) in [5, 5.41) is 3.66. The van der Waals surface area contributed by atoms with E-state index >= 15 is 0 Å². The number of aromatic nitrogens is 4. The average Bonchev–Trinajstić information content (AvgIpc) is 3.25. The van der Waals surface area contributed by atoms with Gasteiger partial charge in [0.15, 0.2) is 17.2 Å². The van der Waals surface area contributed by atoms with Crippen molar-refractivity contribution in [3.63, 3.8) is 0 Å². The van der Waals surface area contributed by atoms with Crippen LogP contribution in [0.5, 0.6) is 0 Å². The number of fused-ring (bicyclic) bond motifs is 2. The van der Waals surface area contributed by atoms with Crippen LogP contribution in [0.3, 0.4) is 0 Å². The summed E-state index contributed by atoms with van der Waals surface area (Å²) in [5.41, 5.74) is 3.80. The smallest absolute Gasteiger partial charge is 0.285 e. The Balaban J connectivity index is 1.62. The predicted octanol–water partition coefficient (Wildman–Crippen LogP) is 4.27. The third-order valence-corrected chi connectivity index (χ3v) is 7.07. The molecule has 5 rings (SSSR count). The zero-order valence-electron chi connectivity index (χ0n) is 22.2. The topological polar surface area (TPSA) is 149 Å². The Bertz CT molecular complexity index is 2000. The van der Waals surface area contributed by atoms with E-state index < -0.39 is 22.0 Å². The molecule has 2 N–H and O–H groups in total. The van der Waals surface area contributed by atoms with Crippen LogP contribution < -0.4 is 15.6 Å². The monoisotopic (exact) mass is 580 g/mol. The van der Waals surface area contributed by atoms with E-state index in [0.29, 0.717) is 44.8 Å². The van der Waals surface area contributed by atoms with Gasteiger partial charge in [0, 0.05) is 25.1 Å². The fourth-order valence-electron chi connectivity index (χ4n) is 4.57. The number of hydrogen-bond donors (Lipinski definition) is 2. The minimum atomic E-state index is -3.84. The standard InChI is InChI=1S/C27H25ClN6O5S/c1-13-10-17(14(2)29-20-8-9-22(28)31-24(20)26(35)33-40(5,37)38)23-18(11-13)27(36)34(4)25(32-23)16-6-7-19-21(12-16)39-15(3)30-19/h6-12,14,29H,1-5H3,(H,33,35)/t14-/m1/s1. The van der Waals surface area contributed by atoms with E-state index in [2.05, 4.69) is 15.3 Å². The van der Waals surface area contributed by atoms with E-state index in [1.165, 1.54) is 16.7 Å². The summed E-state index contributed by atoms with van der Waals surface area (Å²) in [6, 6.07) is 11.7. The molecule has 0 aliphatic rings. The number of anilines is 1. The lowest BCUT2D eigenvalue weighted by atomic mass is 10.0. The molecule has 1 amide bonds. The van der Waals surface area contributed by atoms with Crippen molar-refractivity contribution in [1.82, 2.24) is 24.2 Å². The number of oxazole rings is 1. The largest absolute Gasteiger partial charge is 0.441 e. The number of carbonyl (C=O) groups excluding carboxylic acids is 1. The molecule has 0 bridgehead atoms. The van der Waals surface area contributed by atoms with Gasteiger partial charge in [0.2, 0.25) is 10.0 Å². The molecule has 40 heavy (non-hydrogen) atoms. The summed E-state index contributed by atoms with van der Waals surface area (Å²) in [6.07, 6.45) is 0.870. The average molecular weight is 581 g/mol. The minimum absolute atomic E-state index is 0.0200. The number of benzene rings is 2. The highest BCUT2D eigenvalue weighted by atomic mass is 35.5. The highest BCUT2D eigenvalue weighted by Gasteiger charge is 2.22. The van der Waals surface area contributed by atoms with Gasteiger partial charge in [0.25, 0.3) is 11.5 Å². The highest BCUT2D eigenvalue weighted by Crippen LogP contribution is 2.30. The van der Waals surface area contributed by atoms with Crippen molar-refractivity contribution in [3.8, 4) is 11.4 Å². The molecule has 5 aromatic rings. The molecule has 206 valence electrons. The number of pyridine rings is 1. The van der Waals surface area contributed by atoms with Crippen LogP contribution in [-0.2, 0) is 17.1 Å². The van der Waals surface area contributed by atoms with Gasteiger partial charge in [0.05, 0.1) is 28.9 Å². The molecule has 3 aromatic heterocycles. The molecule has 13 heteroatoms. The molecule has 3 heterocycles. The Morgan fingerprint density at radius 2 is 1.82 bits per heavy atom. The lowest BCUT2D eigenvalue weighted by Crippen LogP contribution is -2.31. The molecule has 0 fully saturated rings. The van der Waals surface area contributed by atoms with Crippen molar-refractivity contribution in [2.75, 3.05) is 11.6 Å². The maximum atomic E-state index is 13.5. The lowest BCUT2D eigenvalue weighted by Gasteiger charge is -2.20. The van der Waals surface area contributed by atoms with E-state index in [1.807, 2.05) is 36.8 Å². The number of sulfonamides is 1. The molecule has 0 saturated heterocycles. The Labute approximate surface area is 234 Å². The van der Waals surface area contributed by atoms with Crippen LogP contribution in [0, 0.1) is 13.8 Å². The van der Waals surface area contributed by atoms with Crippen molar-refractivity contribution in [2.45, 2.75) is 26.8 Å². The van der Waals surface area contributed by atoms with Gasteiger partial charge in [-0.2, -0.15) is 0 Å². The Morgan fingerprint density at radius 1 is 1.07 bits per heavy atom. The summed E-state index contributed by atoms with van der Waals surface area (Å²) in [7, 11) is -2.17. The van der Waals surface area contributed by atoms with Gasteiger partial charge in [-0.15, -0.1) is 0 Å². The number of aryl methyl sites for hydroxylation is 2. The van der Waals surface area contributed by atoms with E-state index in [4.69, 9.17) is 21.0 Å². The number of carbonyl (C=O) groups is 1. The van der Waals surface area contributed by atoms with Gasteiger partial charge in [-0.25, -0.2) is 28.1 Å². The Morgan fingerprint density at radius 3 is 2.55 bits per heavy atom. The molecule has 0 unspecified atom stereocenters. The second-order valence-corrected chi connectivity index (χ2v) is 11.7. The summed E-state index contributed by atoms with van der Waals surface area (Å²) in [5.74, 6) is 0.0414. The predicted molar refractivity (Wildman–Crippen MR) is 153 cm³/mol. The van der Waals surface area contributed by atoms with Crippen LogP contribution in [0.4, 0.5) is 5.69 Å². The number of nitrogens with zero attached hydrogens (tertiary/aromatic N) is 4. The highest BCUT2D eigenvalue weighted by molar-refractivity contribution is 7.89. The molecule has 11 nitrogen and oxygen atoms in total. The summed E-state index contributed by atoms with van der Waals surface area (Å²) < 4.78 is 32.4. The molecule has 0 saturated carbocycles. The van der Waals surface area contributed by atoms with Crippen LogP contribution in [0.15, 0.2) is 51.7 Å². The van der Waals surface area contributed by atoms with E-state index in [9.17, 15) is 18.0 Å². The van der Waals surface area contributed by atoms with Crippen LogP contribution >= 0.6 is 11.6 Å². The number of amides is 1. The van der Waals surface area contributed by atoms with Crippen LogP contribution in [-0.4, -0.2) is 40.1 Å². The third-order valence-electron chi connectivity index (χ3n) is 6.30. The molecular weight excluding hydrogens is 556 g/mol. The van der Waals surface area contributed by atoms with Gasteiger partial charge in [-0.3, -0.25) is 14.2 Å². The molecule has 1 atom stereocenters. The summed E-state index contributed by atoms with van der Waals surface area (Å²) >= 11 is 6.00. The first-order valence-corrected chi connectivity index (χ1v) is 14.4. The second kappa shape index (κ2) is 10.0. The fourth-order valence-corrected chi connectivity index (χ4v) is 5.15. The fraction of sp³-hybridized carbons (Fsp3) is 0.222. The van der Waals surface area contributed by atoms with Crippen molar-refractivity contribution in [3.05, 3.63) is 80.7 Å². The molecule has 0 aliphatic carbocycles. The van der Waals surface area contributed by atoms with E-state index in [1.54, 1.807) is 26.1 Å². The van der Waals surface area contributed by atoms with Crippen molar-refractivity contribution < 1.29 is 17.6 Å². The van der Waals surface area contributed by atoms with E-state index in [0.717, 1.165) is 11.8 Å². The third kappa shape index (κ3) is 5.27. The molecule has 0 radical (unpaired) electrons. The number of nitrogens with one attached hydrogen (secondary N) is 2. The number of halogens is 1. The zero-order valence-corrected chi connectivity index (χ0v) is 23.8.